The molecule has 0 saturated carbocycles. The van der Waals surface area contributed by atoms with Gasteiger partial charge in [-0.05, 0) is 66.9 Å². The molecule has 3 heterocycles. The molecule has 34 heavy (non-hydrogen) atoms. The molecule has 7 heteroatoms. The van der Waals surface area contributed by atoms with Crippen molar-refractivity contribution in [1.29, 1.82) is 0 Å². The zero-order valence-corrected chi connectivity index (χ0v) is 20.7. The lowest BCUT2D eigenvalue weighted by Gasteiger charge is -2.34. The molecule has 3 aromatic rings. The second-order valence-electron chi connectivity index (χ2n) is 9.63. The molecule has 1 saturated heterocycles. The van der Waals surface area contributed by atoms with E-state index < -0.39 is 6.04 Å². The number of rotatable bonds is 6. The highest BCUT2D eigenvalue weighted by molar-refractivity contribution is 7.77. The lowest BCUT2D eigenvalue weighted by Crippen LogP contribution is -2.31. The Labute approximate surface area is 206 Å². The van der Waals surface area contributed by atoms with E-state index in [0.717, 1.165) is 43.7 Å². The van der Waals surface area contributed by atoms with Gasteiger partial charge in [0.2, 0.25) is 0 Å². The molecule has 2 aromatic heterocycles. The maximum absolute atomic E-state index is 11.7. The molecule has 1 aromatic carbocycles. The van der Waals surface area contributed by atoms with E-state index in [-0.39, 0.29) is 5.92 Å². The van der Waals surface area contributed by atoms with E-state index in [1.807, 2.05) is 30.1 Å². The van der Waals surface area contributed by atoms with Crippen molar-refractivity contribution in [3.05, 3.63) is 87.6 Å². The molecule has 1 aliphatic carbocycles. The molecule has 0 N–H and O–H groups in total. The maximum atomic E-state index is 11.7. The van der Waals surface area contributed by atoms with Crippen LogP contribution in [0.5, 0.6) is 0 Å². The fraction of sp³-hybridized carbons (Fsp3) is 0.407. The summed E-state index contributed by atoms with van der Waals surface area (Å²) >= 11 is 4.58. The monoisotopic (exact) mass is 473 g/mol. The van der Waals surface area contributed by atoms with Gasteiger partial charge in [-0.1, -0.05) is 53.9 Å². The number of hydrogen-bond donors (Lipinski definition) is 1. The fourth-order valence-electron chi connectivity index (χ4n) is 5.51. The zero-order valence-electron chi connectivity index (χ0n) is 19.8. The molecule has 0 spiro atoms. The van der Waals surface area contributed by atoms with Gasteiger partial charge in [0.15, 0.2) is 0 Å². The van der Waals surface area contributed by atoms with Crippen molar-refractivity contribution in [3.8, 4) is 0 Å². The number of hydrogen-bond acceptors (Lipinski definition) is 6. The number of allylic oxidation sites excluding steroid dienone is 1. The van der Waals surface area contributed by atoms with Crippen molar-refractivity contribution in [2.75, 3.05) is 13.1 Å². The van der Waals surface area contributed by atoms with Crippen LogP contribution in [0.4, 0.5) is 0 Å². The van der Waals surface area contributed by atoms with Gasteiger partial charge >= 0.3 is 0 Å². The van der Waals surface area contributed by atoms with Crippen LogP contribution in [0.25, 0.3) is 11.6 Å². The highest BCUT2D eigenvalue weighted by Gasteiger charge is 2.34. The molecule has 0 bridgehead atoms. The topological polar surface area (TPSA) is 63.4 Å². The number of pyridine rings is 1. The molecule has 2 aliphatic rings. The van der Waals surface area contributed by atoms with Crippen molar-refractivity contribution in [2.24, 2.45) is 18.1 Å². The molecule has 2 atom stereocenters. The van der Waals surface area contributed by atoms with Gasteiger partial charge < -0.3 is 4.57 Å². The molecule has 176 valence electrons. The normalized spacial score (nSPS) is 19.6. The minimum Gasteiger partial charge on any atom is -0.340 e. The van der Waals surface area contributed by atoms with E-state index in [9.17, 15) is 4.91 Å². The van der Waals surface area contributed by atoms with Gasteiger partial charge in [0.25, 0.3) is 0 Å². The minimum atomic E-state index is -0.460. The summed E-state index contributed by atoms with van der Waals surface area (Å²) in [6, 6.07) is 10.6. The van der Waals surface area contributed by atoms with Crippen molar-refractivity contribution >= 4 is 24.5 Å². The van der Waals surface area contributed by atoms with E-state index >= 15 is 0 Å². The number of nitroso groups, excluding NO2 is 1. The highest BCUT2D eigenvalue weighted by atomic mass is 32.1. The Hall–Kier alpha value is -2.77. The molecule has 1 aliphatic heterocycles. The van der Waals surface area contributed by atoms with Crippen molar-refractivity contribution < 1.29 is 0 Å². The average molecular weight is 474 g/mol. The molecule has 5 rings (SSSR count). The highest BCUT2D eigenvalue weighted by Crippen LogP contribution is 2.45. The number of aryl methyl sites for hydroxylation is 2. The summed E-state index contributed by atoms with van der Waals surface area (Å²) in [6.07, 6.45) is 11.4. The predicted octanol–water partition coefficient (Wildman–Crippen LogP) is 5.95. The lowest BCUT2D eigenvalue weighted by atomic mass is 9.76. The Kier molecular flexibility index (Phi) is 6.66. The van der Waals surface area contributed by atoms with Gasteiger partial charge in [0.05, 0.1) is 17.7 Å². The van der Waals surface area contributed by atoms with Crippen LogP contribution in [0, 0.1) is 17.7 Å². The molecule has 0 amide bonds. The summed E-state index contributed by atoms with van der Waals surface area (Å²) in [7, 11) is 1.91. The van der Waals surface area contributed by atoms with Crippen LogP contribution in [0.2, 0.25) is 0 Å². The summed E-state index contributed by atoms with van der Waals surface area (Å²) in [5.74, 6) is 0.766. The number of imidazole rings is 1. The van der Waals surface area contributed by atoms with E-state index in [0.29, 0.717) is 12.3 Å². The number of aromatic nitrogens is 3. The Morgan fingerprint density at radius 3 is 2.76 bits per heavy atom. The van der Waals surface area contributed by atoms with Crippen LogP contribution in [0.1, 0.15) is 71.3 Å². The van der Waals surface area contributed by atoms with Gasteiger partial charge in [-0.2, -0.15) is 4.91 Å². The number of thiol groups is 1. The Morgan fingerprint density at radius 1 is 1.21 bits per heavy atom. The summed E-state index contributed by atoms with van der Waals surface area (Å²) in [5, 5.41) is 3.41. The average Bonchev–Trinajstić information content (AvgIpc) is 3.22. The van der Waals surface area contributed by atoms with Crippen molar-refractivity contribution in [3.63, 3.8) is 0 Å². The first-order valence-electron chi connectivity index (χ1n) is 12.0. The van der Waals surface area contributed by atoms with Crippen LogP contribution in [0.15, 0.2) is 54.2 Å². The molecular formula is C27H31N5OS. The summed E-state index contributed by atoms with van der Waals surface area (Å²) < 4.78 is 3.98. The smallest absolute Gasteiger partial charge is 0.136 e. The summed E-state index contributed by atoms with van der Waals surface area (Å²) in [5.41, 5.74) is 8.16. The van der Waals surface area contributed by atoms with Gasteiger partial charge in [-0.25, -0.2) is 4.98 Å². The first-order valence-corrected chi connectivity index (χ1v) is 12.4. The first-order chi connectivity index (χ1) is 16.5. The number of piperidine rings is 1. The Bertz CT molecular complexity index is 1210. The molecule has 0 radical (unpaired) electrons. The quantitative estimate of drug-likeness (QED) is 0.355. The molecule has 6 nitrogen and oxygen atoms in total. The fourth-order valence-corrected chi connectivity index (χ4v) is 5.74. The van der Waals surface area contributed by atoms with Crippen LogP contribution < -0.4 is 0 Å². The molecule has 2 unspecified atom stereocenters. The van der Waals surface area contributed by atoms with Crippen LogP contribution in [-0.4, -0.2) is 31.9 Å². The third kappa shape index (κ3) is 4.59. The molecular weight excluding hydrogens is 442 g/mol. The number of nitrogens with zero attached hydrogens (tertiary/aromatic N) is 5. The van der Waals surface area contributed by atoms with Crippen molar-refractivity contribution in [1.82, 2.24) is 18.8 Å². The van der Waals surface area contributed by atoms with Gasteiger partial charge in [-0.3, -0.25) is 9.29 Å². The SMILES string of the molecule is Cc1ccc2c(c1)C=C(CCC(N=O)c1cn(C)cn1)c1cccnc1C2C1CCN(S)CC1. The van der Waals surface area contributed by atoms with E-state index in [2.05, 4.69) is 64.5 Å². The number of fused-ring (bicyclic) bond motifs is 2. The standard InChI is InChI=1S/C27H31N5OS/c1-18-5-7-22-21(14-18)15-20(6-8-24(30-33)25-16-31(2)17-29-25)23-4-3-11-28-27(23)26(22)19-9-12-32(34)13-10-19/h3-5,7,11,14-17,19,24,26,34H,6,8-10,12-13H2,1-2H3. The zero-order chi connectivity index (χ0) is 23.7. The van der Waals surface area contributed by atoms with Gasteiger partial charge in [0, 0.05) is 38.4 Å². The lowest BCUT2D eigenvalue weighted by molar-refractivity contribution is 0.271. The van der Waals surface area contributed by atoms with Gasteiger partial charge in [0.1, 0.15) is 6.04 Å². The van der Waals surface area contributed by atoms with E-state index in [1.165, 1.54) is 27.8 Å². The molecule has 1 fully saturated rings. The van der Waals surface area contributed by atoms with E-state index in [4.69, 9.17) is 4.98 Å². The first kappa shape index (κ1) is 23.0. The number of benzene rings is 1. The van der Waals surface area contributed by atoms with Gasteiger partial charge in [-0.15, -0.1) is 0 Å². The third-order valence-corrected chi connectivity index (χ3v) is 7.65. The third-order valence-electron chi connectivity index (χ3n) is 7.25. The maximum Gasteiger partial charge on any atom is 0.136 e. The summed E-state index contributed by atoms with van der Waals surface area (Å²) in [6.45, 7) is 4.13. The Morgan fingerprint density at radius 2 is 2.03 bits per heavy atom. The Balaban J connectivity index is 1.54. The van der Waals surface area contributed by atoms with Crippen LogP contribution >= 0.6 is 12.8 Å². The second kappa shape index (κ2) is 9.84. The minimum absolute atomic E-state index is 0.248. The predicted molar refractivity (Wildman–Crippen MR) is 139 cm³/mol. The van der Waals surface area contributed by atoms with Crippen molar-refractivity contribution in [2.45, 2.75) is 44.6 Å². The second-order valence-corrected chi connectivity index (χ2v) is 10.2. The summed E-state index contributed by atoms with van der Waals surface area (Å²) in [4.78, 5) is 21.0. The largest absolute Gasteiger partial charge is 0.340 e. The van der Waals surface area contributed by atoms with E-state index in [1.54, 1.807) is 6.33 Å². The van der Waals surface area contributed by atoms with Crippen LogP contribution in [0.3, 0.4) is 0 Å². The van der Waals surface area contributed by atoms with Crippen LogP contribution in [-0.2, 0) is 7.05 Å².